The molecule has 0 heterocycles. The van der Waals surface area contributed by atoms with Crippen molar-refractivity contribution in [2.45, 2.75) is 79.1 Å². The first kappa shape index (κ1) is 48.3. The van der Waals surface area contributed by atoms with E-state index >= 15 is 0 Å². The summed E-state index contributed by atoms with van der Waals surface area (Å²) in [6.07, 6.45) is 10.9. The molecule has 0 fully saturated rings. The Balaban J connectivity index is 0.000000382. The van der Waals surface area contributed by atoms with E-state index in [2.05, 4.69) is 169 Å². The molecule has 0 saturated carbocycles. The molecule has 0 bridgehead atoms. The van der Waals surface area contributed by atoms with Crippen molar-refractivity contribution < 1.29 is 24.2 Å². The van der Waals surface area contributed by atoms with Crippen molar-refractivity contribution in [2.24, 2.45) is 0 Å². The molecule has 0 atom stereocenters. The van der Waals surface area contributed by atoms with Gasteiger partial charge in [-0.2, -0.15) is 77.9 Å². The van der Waals surface area contributed by atoms with Crippen LogP contribution in [0, 0.1) is 38.1 Å². The van der Waals surface area contributed by atoms with E-state index in [0.29, 0.717) is 0 Å². The molecule has 0 saturated heterocycles. The van der Waals surface area contributed by atoms with Gasteiger partial charge in [-0.05, 0) is 39.5 Å². The minimum absolute atomic E-state index is 0. The predicted octanol–water partition coefficient (Wildman–Crippen LogP) is 14.7. The number of hydrogen-bond donors (Lipinski definition) is 0. The van der Waals surface area contributed by atoms with Gasteiger partial charge in [0.2, 0.25) is 0 Å². The average molecular weight is 855 g/mol. The van der Waals surface area contributed by atoms with Gasteiger partial charge in [0.05, 0.1) is 0 Å². The summed E-state index contributed by atoms with van der Waals surface area (Å²) in [5, 5.41) is 0. The van der Waals surface area contributed by atoms with Crippen LogP contribution in [-0.4, -0.2) is 4.21 Å². The van der Waals surface area contributed by atoms with Gasteiger partial charge in [0, 0.05) is 0 Å². The van der Waals surface area contributed by atoms with Gasteiger partial charge in [-0.15, -0.1) is 60.1 Å². The summed E-state index contributed by atoms with van der Waals surface area (Å²) in [6.45, 7) is 18.0. The second-order valence-corrected chi connectivity index (χ2v) is 15.6. The van der Waals surface area contributed by atoms with Crippen molar-refractivity contribution in [1.29, 1.82) is 0 Å². The first-order valence-corrected chi connectivity index (χ1v) is 20.5. The van der Waals surface area contributed by atoms with Crippen LogP contribution >= 0.6 is 24.8 Å². The predicted molar refractivity (Wildman–Crippen MR) is 245 cm³/mol. The fourth-order valence-corrected chi connectivity index (χ4v) is 6.38. The first-order valence-electron chi connectivity index (χ1n) is 18.7. The van der Waals surface area contributed by atoms with Crippen LogP contribution in [0.25, 0.3) is 33.4 Å². The maximum absolute atomic E-state index is 3.88. The van der Waals surface area contributed by atoms with Gasteiger partial charge in [-0.3, -0.25) is 6.08 Å². The van der Waals surface area contributed by atoms with Gasteiger partial charge in [0.15, 0.2) is 0 Å². The molecule has 0 amide bonds. The molecule has 3 heteroatoms. The van der Waals surface area contributed by atoms with E-state index < -0.39 is 0 Å². The van der Waals surface area contributed by atoms with Gasteiger partial charge in [-0.25, -0.2) is 12.2 Å². The normalized spacial score (nSPS) is 11.5. The van der Waals surface area contributed by atoms with Crippen LogP contribution in [0.2, 0.25) is 0 Å². The molecule has 6 aromatic carbocycles. The quantitative estimate of drug-likeness (QED) is 0.152. The Labute approximate surface area is 366 Å². The number of halogens is 2. The van der Waals surface area contributed by atoms with E-state index in [9.17, 15) is 0 Å². The summed E-state index contributed by atoms with van der Waals surface area (Å²) in [5.41, 5.74) is 16.1. The molecular weight excluding hydrogens is 799 g/mol. The molecule has 0 unspecified atom stereocenters. The third-order valence-electron chi connectivity index (χ3n) is 9.18. The van der Waals surface area contributed by atoms with Crippen LogP contribution in [0.4, 0.5) is 0 Å². The molecule has 2 aliphatic carbocycles. The summed E-state index contributed by atoms with van der Waals surface area (Å²) in [7, 11) is 0. The van der Waals surface area contributed by atoms with Crippen molar-refractivity contribution in [1.82, 2.24) is 0 Å². The van der Waals surface area contributed by atoms with Crippen molar-refractivity contribution in [2.75, 3.05) is 0 Å². The Kier molecular flexibility index (Phi) is 20.2. The van der Waals surface area contributed by atoms with Crippen molar-refractivity contribution in [3.63, 3.8) is 0 Å². The third-order valence-corrected chi connectivity index (χ3v) is 9.18. The summed E-state index contributed by atoms with van der Waals surface area (Å²) >= 11 is 1.30. The Morgan fingerprint density at radius 3 is 1.45 bits per heavy atom. The summed E-state index contributed by atoms with van der Waals surface area (Å²) in [6, 6.07) is 54.5. The molecule has 0 N–H and O–H groups in total. The zero-order valence-corrected chi connectivity index (χ0v) is 38.4. The Bertz CT molecular complexity index is 1950. The van der Waals surface area contributed by atoms with Crippen LogP contribution in [0.3, 0.4) is 0 Å². The van der Waals surface area contributed by atoms with Crippen molar-refractivity contribution in [3.8, 4) is 33.4 Å². The number of benzene rings is 6. The van der Waals surface area contributed by atoms with Crippen LogP contribution in [0.5, 0.6) is 0 Å². The zero-order valence-electron chi connectivity index (χ0n) is 34.3. The number of allylic oxidation sites excluding steroid dienone is 4. The number of hydrogen-bond acceptors (Lipinski definition) is 0. The van der Waals surface area contributed by atoms with Gasteiger partial charge in [0.1, 0.15) is 0 Å². The standard InChI is InChI=1S/C33H33.2C7H7.C5H5.CH2.2ClH.Zr/c1-32(2,3)30-20-26-24(18-28(30)22-13-9-7-10-14-22)17-25-19-29(23-15-11-8-12-16-23)31(21-27(25)26)33(4,5)6;2*1-7-5-3-2-4-6-7;1-2-4-5-3-1;;;;/h7-16,18,20-21H,17H2,1-6H3;2*3-6H,1H3;1-3H,4H2;1H2;2*1H;/q4*-1;;;;. The fraction of sp³-hybridized carbons (Fsp3) is 0.226. The molecule has 290 valence electrons. The molecule has 0 nitrogen and oxygen atoms in total. The molecule has 0 radical (unpaired) electrons. The minimum atomic E-state index is 0. The summed E-state index contributed by atoms with van der Waals surface area (Å²) in [4.78, 5) is 0. The van der Waals surface area contributed by atoms with Crippen LogP contribution in [-0.2, 0) is 41.5 Å². The Hall–Kier alpha value is -3.87. The van der Waals surface area contributed by atoms with Gasteiger partial charge in [0.25, 0.3) is 0 Å². The average Bonchev–Trinajstić information content (AvgIpc) is 3.88. The molecule has 0 aromatic heterocycles. The first-order chi connectivity index (χ1) is 25.9. The van der Waals surface area contributed by atoms with E-state index in [1.807, 2.05) is 60.7 Å². The van der Waals surface area contributed by atoms with E-state index in [-0.39, 0.29) is 35.6 Å². The van der Waals surface area contributed by atoms with E-state index in [0.717, 1.165) is 12.8 Å². The molecule has 56 heavy (non-hydrogen) atoms. The van der Waals surface area contributed by atoms with Crippen LogP contribution < -0.4 is 0 Å². The SMILES string of the molecule is CC(C)(C)c1cc2c([c-]c1-c1ccccc1)Cc1cc(-c3ccccc3)c(C(C)(C)C)cc1-2.Cc1cc[c-]cc1.Cc1cc[c-]cc1.Cl.Cl.[C-]1=CC=CC1.[CH2]=[Zr]. The van der Waals surface area contributed by atoms with Gasteiger partial charge in [-0.1, -0.05) is 145 Å². The van der Waals surface area contributed by atoms with Gasteiger partial charge < -0.3 is 0 Å². The zero-order chi connectivity index (χ0) is 39.1. The molecule has 0 aliphatic heterocycles. The van der Waals surface area contributed by atoms with E-state index in [1.165, 1.54) is 91.0 Å². The molecule has 8 rings (SSSR count). The van der Waals surface area contributed by atoms with E-state index in [4.69, 9.17) is 0 Å². The van der Waals surface area contributed by atoms with E-state index in [1.54, 1.807) is 0 Å². The monoisotopic (exact) mass is 852 g/mol. The van der Waals surface area contributed by atoms with Gasteiger partial charge >= 0.3 is 28.4 Å². The maximum atomic E-state index is 3.88. The van der Waals surface area contributed by atoms with Crippen LogP contribution in [0.1, 0.15) is 81.3 Å². The Morgan fingerprint density at radius 2 is 1.05 bits per heavy atom. The molecule has 6 aromatic rings. The summed E-state index contributed by atoms with van der Waals surface area (Å²) in [5.74, 6) is 0. The number of aryl methyl sites for hydroxylation is 2. The van der Waals surface area contributed by atoms with Crippen molar-refractivity contribution in [3.05, 3.63) is 203 Å². The Morgan fingerprint density at radius 1 is 0.571 bits per heavy atom. The third kappa shape index (κ3) is 14.0. The topological polar surface area (TPSA) is 0 Å². The second-order valence-electron chi connectivity index (χ2n) is 15.6. The molecular formula is C53H56Cl2Zr-4. The molecule has 2 aliphatic rings. The van der Waals surface area contributed by atoms with Crippen molar-refractivity contribution >= 4 is 29.0 Å². The second kappa shape index (κ2) is 23.4. The van der Waals surface area contributed by atoms with Crippen LogP contribution in [0.15, 0.2) is 146 Å². The fourth-order valence-electron chi connectivity index (χ4n) is 6.38. The molecule has 0 spiro atoms. The number of rotatable bonds is 2. The summed E-state index contributed by atoms with van der Waals surface area (Å²) < 4.78 is 3.34. The number of fused-ring (bicyclic) bond motifs is 3.